The van der Waals surface area contributed by atoms with E-state index in [1.165, 1.54) is 56.9 Å². The summed E-state index contributed by atoms with van der Waals surface area (Å²) in [6, 6.07) is 5.82. The summed E-state index contributed by atoms with van der Waals surface area (Å²) in [4.78, 5) is 0. The first-order valence-corrected chi connectivity index (χ1v) is 9.56. The van der Waals surface area contributed by atoms with Crippen LogP contribution in [0.1, 0.15) is 75.3 Å². The van der Waals surface area contributed by atoms with Gasteiger partial charge in [0.1, 0.15) is 5.82 Å². The predicted molar refractivity (Wildman–Crippen MR) is 96.1 cm³/mol. The van der Waals surface area contributed by atoms with Crippen LogP contribution in [0.4, 0.5) is 4.39 Å². The Labute approximate surface area is 141 Å². The molecule has 0 saturated heterocycles. The van der Waals surface area contributed by atoms with Crippen LogP contribution in [0.25, 0.3) is 0 Å². The number of aryl methyl sites for hydroxylation is 1. The van der Waals surface area contributed by atoms with Crippen molar-refractivity contribution in [1.29, 1.82) is 0 Å². The molecule has 0 heterocycles. The van der Waals surface area contributed by atoms with Crippen LogP contribution in [-0.4, -0.2) is 0 Å². The molecule has 0 N–H and O–H groups in total. The number of hydrogen-bond acceptors (Lipinski definition) is 0. The minimum Gasteiger partial charge on any atom is -0.207 e. The van der Waals surface area contributed by atoms with E-state index in [0.717, 1.165) is 23.3 Å². The maximum absolute atomic E-state index is 13.8. The van der Waals surface area contributed by atoms with Gasteiger partial charge in [0, 0.05) is 0 Å². The van der Waals surface area contributed by atoms with Crippen molar-refractivity contribution >= 4 is 0 Å². The van der Waals surface area contributed by atoms with Gasteiger partial charge in [-0.2, -0.15) is 0 Å². The highest BCUT2D eigenvalue weighted by Crippen LogP contribution is 2.37. The zero-order chi connectivity index (χ0) is 16.2. The summed E-state index contributed by atoms with van der Waals surface area (Å²) in [7, 11) is 0. The average molecular weight is 314 g/mol. The van der Waals surface area contributed by atoms with Crippen molar-refractivity contribution < 1.29 is 4.39 Å². The van der Waals surface area contributed by atoms with Gasteiger partial charge in [0.05, 0.1) is 0 Å². The molecule has 3 rings (SSSR count). The van der Waals surface area contributed by atoms with Crippen LogP contribution in [0, 0.1) is 30.5 Å². The minimum atomic E-state index is -0.0453. The van der Waals surface area contributed by atoms with E-state index in [1.54, 1.807) is 6.07 Å². The van der Waals surface area contributed by atoms with Crippen LogP contribution in [0.15, 0.2) is 30.4 Å². The standard InChI is InChI=1S/C22H31F/c1-16-3-6-18(7-4-16)8-9-19-10-13-20(14-11-19)21-12-5-17(2)22(23)15-21/h5,8-9,12,15-16,18-20H,3-4,6-7,10-11,13-14H2,1-2H3/b9-8+. The quantitative estimate of drug-likeness (QED) is 0.539. The van der Waals surface area contributed by atoms with Crippen molar-refractivity contribution in [2.75, 3.05) is 0 Å². The van der Waals surface area contributed by atoms with Gasteiger partial charge in [-0.05, 0) is 86.3 Å². The van der Waals surface area contributed by atoms with Crippen LogP contribution in [0.2, 0.25) is 0 Å². The first-order valence-electron chi connectivity index (χ1n) is 9.56. The lowest BCUT2D eigenvalue weighted by molar-refractivity contribution is 0.326. The normalized spacial score (nSPS) is 32.3. The van der Waals surface area contributed by atoms with Crippen LogP contribution in [-0.2, 0) is 0 Å². The summed E-state index contributed by atoms with van der Waals surface area (Å²) in [5.74, 6) is 3.03. The van der Waals surface area contributed by atoms with Gasteiger partial charge in [-0.1, -0.05) is 44.1 Å². The number of benzene rings is 1. The van der Waals surface area contributed by atoms with E-state index in [2.05, 4.69) is 25.1 Å². The van der Waals surface area contributed by atoms with E-state index in [1.807, 2.05) is 13.0 Å². The maximum atomic E-state index is 13.8. The predicted octanol–water partition coefficient (Wildman–Crippen LogP) is 6.79. The summed E-state index contributed by atoms with van der Waals surface area (Å²) in [5.41, 5.74) is 1.96. The van der Waals surface area contributed by atoms with Crippen LogP contribution >= 0.6 is 0 Å². The van der Waals surface area contributed by atoms with Gasteiger partial charge in [-0.25, -0.2) is 4.39 Å². The lowest BCUT2D eigenvalue weighted by atomic mass is 9.77. The topological polar surface area (TPSA) is 0 Å². The van der Waals surface area contributed by atoms with Crippen molar-refractivity contribution in [3.05, 3.63) is 47.3 Å². The lowest BCUT2D eigenvalue weighted by Gasteiger charge is -2.28. The second-order valence-electron chi connectivity index (χ2n) is 8.03. The third kappa shape index (κ3) is 4.46. The Morgan fingerprint density at radius 2 is 1.43 bits per heavy atom. The van der Waals surface area contributed by atoms with E-state index in [4.69, 9.17) is 0 Å². The Bertz CT molecular complexity index is 529. The minimum absolute atomic E-state index is 0.0453. The van der Waals surface area contributed by atoms with Crippen LogP contribution in [0.5, 0.6) is 0 Å². The third-order valence-corrected chi connectivity index (χ3v) is 6.16. The van der Waals surface area contributed by atoms with E-state index < -0.39 is 0 Å². The van der Waals surface area contributed by atoms with Crippen molar-refractivity contribution in [1.82, 2.24) is 0 Å². The molecule has 1 aromatic carbocycles. The van der Waals surface area contributed by atoms with Gasteiger partial charge in [0.25, 0.3) is 0 Å². The molecule has 2 fully saturated rings. The molecule has 0 spiro atoms. The average Bonchev–Trinajstić information content (AvgIpc) is 2.57. The fraction of sp³-hybridized carbons (Fsp3) is 0.636. The summed E-state index contributed by atoms with van der Waals surface area (Å²) in [5, 5.41) is 0. The van der Waals surface area contributed by atoms with Crippen LogP contribution < -0.4 is 0 Å². The molecule has 0 aliphatic heterocycles. The Balaban J connectivity index is 1.49. The van der Waals surface area contributed by atoms with Gasteiger partial charge in [0.15, 0.2) is 0 Å². The Morgan fingerprint density at radius 1 is 0.870 bits per heavy atom. The molecule has 23 heavy (non-hydrogen) atoms. The van der Waals surface area contributed by atoms with Crippen molar-refractivity contribution in [2.24, 2.45) is 17.8 Å². The number of halogens is 1. The number of rotatable bonds is 3. The first kappa shape index (κ1) is 16.7. The molecule has 2 saturated carbocycles. The highest BCUT2D eigenvalue weighted by Gasteiger charge is 2.22. The summed E-state index contributed by atoms with van der Waals surface area (Å²) >= 11 is 0. The Kier molecular flexibility index (Phi) is 5.56. The molecule has 0 radical (unpaired) electrons. The second kappa shape index (κ2) is 7.64. The van der Waals surface area contributed by atoms with Gasteiger partial charge in [0.2, 0.25) is 0 Å². The highest BCUT2D eigenvalue weighted by atomic mass is 19.1. The van der Waals surface area contributed by atoms with Crippen LogP contribution in [0.3, 0.4) is 0 Å². The fourth-order valence-corrected chi connectivity index (χ4v) is 4.30. The lowest BCUT2D eigenvalue weighted by Crippen LogP contribution is -2.13. The molecule has 0 aromatic heterocycles. The van der Waals surface area contributed by atoms with Crippen molar-refractivity contribution in [2.45, 2.75) is 71.1 Å². The molecule has 126 valence electrons. The summed E-state index contributed by atoms with van der Waals surface area (Å²) in [6.45, 7) is 4.22. The van der Waals surface area contributed by atoms with Gasteiger partial charge >= 0.3 is 0 Å². The molecule has 0 unspecified atom stereocenters. The zero-order valence-electron chi connectivity index (χ0n) is 14.7. The summed E-state index contributed by atoms with van der Waals surface area (Å²) < 4.78 is 13.8. The van der Waals surface area contributed by atoms with Crippen molar-refractivity contribution in [3.8, 4) is 0 Å². The zero-order valence-corrected chi connectivity index (χ0v) is 14.7. The molecule has 1 aromatic rings. The highest BCUT2D eigenvalue weighted by molar-refractivity contribution is 5.26. The van der Waals surface area contributed by atoms with Gasteiger partial charge in [-0.15, -0.1) is 0 Å². The molecule has 2 aliphatic carbocycles. The molecular weight excluding hydrogens is 283 g/mol. The molecule has 1 heteroatoms. The Hall–Kier alpha value is -1.11. The van der Waals surface area contributed by atoms with Gasteiger partial charge < -0.3 is 0 Å². The van der Waals surface area contributed by atoms with E-state index in [0.29, 0.717) is 5.92 Å². The second-order valence-corrected chi connectivity index (χ2v) is 8.03. The third-order valence-electron chi connectivity index (χ3n) is 6.16. The Morgan fingerprint density at radius 3 is 2.00 bits per heavy atom. The number of hydrogen-bond donors (Lipinski definition) is 0. The smallest absolute Gasteiger partial charge is 0.126 e. The van der Waals surface area contributed by atoms with E-state index >= 15 is 0 Å². The van der Waals surface area contributed by atoms with Gasteiger partial charge in [-0.3, -0.25) is 0 Å². The molecule has 0 atom stereocenters. The number of allylic oxidation sites excluding steroid dienone is 2. The first-order chi connectivity index (χ1) is 11.1. The van der Waals surface area contributed by atoms with Crippen molar-refractivity contribution in [3.63, 3.8) is 0 Å². The SMILES string of the molecule is Cc1ccc(C2CCC(/C=C/C3CCC(C)CC3)CC2)cc1F. The van der Waals surface area contributed by atoms with E-state index in [9.17, 15) is 4.39 Å². The molecule has 0 bridgehead atoms. The monoisotopic (exact) mass is 314 g/mol. The molecule has 0 amide bonds. The molecule has 2 aliphatic rings. The summed E-state index contributed by atoms with van der Waals surface area (Å²) in [6.07, 6.45) is 15.5. The van der Waals surface area contributed by atoms with E-state index in [-0.39, 0.29) is 5.82 Å². The molecular formula is C22H31F. The largest absolute Gasteiger partial charge is 0.207 e. The molecule has 0 nitrogen and oxygen atoms in total. The maximum Gasteiger partial charge on any atom is 0.126 e. The fourth-order valence-electron chi connectivity index (χ4n) is 4.30.